The Bertz CT molecular complexity index is 1540. The van der Waals surface area contributed by atoms with Crippen molar-refractivity contribution in [2.45, 2.75) is 54.6 Å². The molecule has 1 N–H and O–H groups in total. The van der Waals surface area contributed by atoms with Gasteiger partial charge < -0.3 is 15.0 Å². The van der Waals surface area contributed by atoms with Crippen LogP contribution in [-0.2, 0) is 12.7 Å². The Morgan fingerprint density at radius 3 is 2.44 bits per heavy atom. The van der Waals surface area contributed by atoms with E-state index in [0.717, 1.165) is 72.4 Å². The number of carbonyl (C=O) groups is 1. The predicted octanol–water partition coefficient (Wildman–Crippen LogP) is 7.52. The van der Waals surface area contributed by atoms with Crippen LogP contribution in [0.25, 0.3) is 10.1 Å². The quantitative estimate of drug-likeness (QED) is 0.122. The molecule has 6 rings (SSSR count). The number of fused-ring (bicyclic) bond motifs is 1. The van der Waals surface area contributed by atoms with Crippen molar-refractivity contribution in [1.82, 2.24) is 15.2 Å². The average Bonchev–Trinajstić information content (AvgIpc) is 3.43. The molecular formula is C32H32F3IN4O2S. The Kier molecular flexibility index (Phi) is 9.11. The standard InChI is InChI=1S/C32H32F3IN4O2S/c33-32(34,35)23-2-4-25(5-3-23)39-15-10-26(11-16-39)42-27-6-1-22-17-29(43-28(22)19-27)31(41)38-24-9-14-40(30(36)18-24)20-21-7-12-37-13-8-21/h1-8,12-13,17,19,24,26,30H,9-11,14-16,18,20H2,(H,38,41). The fourth-order valence-electron chi connectivity index (χ4n) is 5.73. The smallest absolute Gasteiger partial charge is 0.416 e. The molecule has 2 atom stereocenters. The summed E-state index contributed by atoms with van der Waals surface area (Å²) in [6.45, 7) is 3.23. The van der Waals surface area contributed by atoms with Crippen LogP contribution in [0.5, 0.6) is 5.75 Å². The molecule has 1 amide bonds. The molecule has 2 aromatic heterocycles. The lowest BCUT2D eigenvalue weighted by atomic mass is 10.0. The first kappa shape index (κ1) is 30.1. The highest BCUT2D eigenvalue weighted by atomic mass is 127. The van der Waals surface area contributed by atoms with E-state index in [0.29, 0.717) is 22.0 Å². The van der Waals surface area contributed by atoms with Gasteiger partial charge in [0.2, 0.25) is 0 Å². The van der Waals surface area contributed by atoms with Crippen molar-refractivity contribution in [2.24, 2.45) is 0 Å². The number of anilines is 1. The highest BCUT2D eigenvalue weighted by molar-refractivity contribution is 14.1. The number of carbonyl (C=O) groups excluding carboxylic acids is 1. The van der Waals surface area contributed by atoms with Gasteiger partial charge in [-0.15, -0.1) is 11.3 Å². The number of hydrogen-bond donors (Lipinski definition) is 1. The van der Waals surface area contributed by atoms with E-state index >= 15 is 0 Å². The van der Waals surface area contributed by atoms with E-state index in [1.807, 2.05) is 48.8 Å². The van der Waals surface area contributed by atoms with Crippen LogP contribution in [0.1, 0.15) is 46.5 Å². The van der Waals surface area contributed by atoms with E-state index in [1.54, 1.807) is 0 Å². The van der Waals surface area contributed by atoms with Crippen LogP contribution in [0.4, 0.5) is 18.9 Å². The zero-order valence-corrected chi connectivity index (χ0v) is 26.4. The topological polar surface area (TPSA) is 57.7 Å². The number of nitrogens with zero attached hydrogens (tertiary/aromatic N) is 3. The first-order valence-electron chi connectivity index (χ1n) is 14.4. The van der Waals surface area contributed by atoms with Gasteiger partial charge in [-0.1, -0.05) is 22.6 Å². The van der Waals surface area contributed by atoms with Crippen molar-refractivity contribution in [2.75, 3.05) is 24.5 Å². The van der Waals surface area contributed by atoms with Crippen molar-refractivity contribution in [1.29, 1.82) is 0 Å². The van der Waals surface area contributed by atoms with Crippen LogP contribution in [0.2, 0.25) is 0 Å². The monoisotopic (exact) mass is 720 g/mol. The number of likely N-dealkylation sites (tertiary alicyclic amines) is 1. The van der Waals surface area contributed by atoms with Gasteiger partial charge in [0.25, 0.3) is 5.91 Å². The van der Waals surface area contributed by atoms with E-state index in [-0.39, 0.29) is 18.1 Å². The van der Waals surface area contributed by atoms with Gasteiger partial charge in [-0.05, 0) is 84.5 Å². The molecule has 11 heteroatoms. The van der Waals surface area contributed by atoms with Crippen molar-refractivity contribution in [3.8, 4) is 5.75 Å². The summed E-state index contributed by atoms with van der Waals surface area (Å²) in [5.74, 6) is 0.735. The molecule has 0 bridgehead atoms. The molecule has 6 nitrogen and oxygen atoms in total. The number of thiophene rings is 1. The Balaban J connectivity index is 1.00. The molecule has 2 aliphatic heterocycles. The summed E-state index contributed by atoms with van der Waals surface area (Å²) in [6.07, 6.45) is 2.70. The molecule has 4 aromatic rings. The van der Waals surface area contributed by atoms with Crippen LogP contribution in [0.3, 0.4) is 0 Å². The number of rotatable bonds is 7. The van der Waals surface area contributed by atoms with Gasteiger partial charge in [0.05, 0.1) is 14.5 Å². The molecule has 2 aromatic carbocycles. The van der Waals surface area contributed by atoms with Crippen LogP contribution < -0.4 is 15.0 Å². The molecule has 2 unspecified atom stereocenters. The van der Waals surface area contributed by atoms with Crippen LogP contribution >= 0.6 is 33.9 Å². The number of alkyl halides is 4. The van der Waals surface area contributed by atoms with Crippen molar-refractivity contribution in [3.05, 3.63) is 89.1 Å². The number of ether oxygens (including phenoxy) is 1. The maximum Gasteiger partial charge on any atom is 0.416 e. The normalized spacial score (nSPS) is 20.3. The molecule has 2 fully saturated rings. The summed E-state index contributed by atoms with van der Waals surface area (Å²) in [4.78, 5) is 22.5. The van der Waals surface area contributed by atoms with Crippen molar-refractivity contribution in [3.63, 3.8) is 0 Å². The third-order valence-corrected chi connectivity index (χ3v) is 10.5. The largest absolute Gasteiger partial charge is 0.490 e. The highest BCUT2D eigenvalue weighted by Crippen LogP contribution is 2.33. The van der Waals surface area contributed by atoms with E-state index in [2.05, 4.69) is 42.7 Å². The number of amides is 1. The van der Waals surface area contributed by atoms with Crippen LogP contribution in [-0.4, -0.2) is 51.6 Å². The average molecular weight is 721 g/mol. The summed E-state index contributed by atoms with van der Waals surface area (Å²) in [5.41, 5.74) is 1.41. The Morgan fingerprint density at radius 2 is 1.74 bits per heavy atom. The molecule has 4 heterocycles. The van der Waals surface area contributed by atoms with Gasteiger partial charge in [-0.2, -0.15) is 13.2 Å². The number of piperidine rings is 2. The SMILES string of the molecule is O=C(NC1CCN(Cc2ccncc2)C(I)C1)c1cc2ccc(OC3CCN(c4ccc(C(F)(F)F)cc4)CC3)cc2s1. The highest BCUT2D eigenvalue weighted by Gasteiger charge is 2.31. The van der Waals surface area contributed by atoms with Gasteiger partial charge in [0.15, 0.2) is 0 Å². The Hall–Kier alpha value is -2.90. The molecule has 226 valence electrons. The molecule has 0 saturated carbocycles. The molecular weight excluding hydrogens is 688 g/mol. The van der Waals surface area contributed by atoms with Crippen LogP contribution in [0.15, 0.2) is 73.1 Å². The first-order valence-corrected chi connectivity index (χ1v) is 16.5. The fourth-order valence-corrected chi connectivity index (χ4v) is 7.82. The predicted molar refractivity (Wildman–Crippen MR) is 172 cm³/mol. The summed E-state index contributed by atoms with van der Waals surface area (Å²) in [5, 5.41) is 4.27. The van der Waals surface area contributed by atoms with Gasteiger partial charge in [0, 0.05) is 67.8 Å². The maximum absolute atomic E-state index is 13.2. The van der Waals surface area contributed by atoms with Crippen molar-refractivity contribution >= 4 is 55.6 Å². The Morgan fingerprint density at radius 1 is 1.00 bits per heavy atom. The third kappa shape index (κ3) is 7.43. The fraction of sp³-hybridized carbons (Fsp3) is 0.375. The second-order valence-electron chi connectivity index (χ2n) is 11.1. The first-order chi connectivity index (χ1) is 20.7. The van der Waals surface area contributed by atoms with Gasteiger partial charge in [0.1, 0.15) is 11.9 Å². The second-order valence-corrected chi connectivity index (χ2v) is 13.6. The molecule has 0 radical (unpaired) electrons. The summed E-state index contributed by atoms with van der Waals surface area (Å²) in [6, 6.07) is 17.5. The zero-order chi connectivity index (χ0) is 30.0. The summed E-state index contributed by atoms with van der Waals surface area (Å²) >= 11 is 3.95. The molecule has 2 saturated heterocycles. The molecule has 2 aliphatic rings. The number of pyridine rings is 1. The van der Waals surface area contributed by atoms with E-state index < -0.39 is 11.7 Å². The maximum atomic E-state index is 13.2. The number of aromatic nitrogens is 1. The molecule has 0 aliphatic carbocycles. The lowest BCUT2D eigenvalue weighted by Gasteiger charge is -2.36. The number of benzene rings is 2. The van der Waals surface area contributed by atoms with Gasteiger partial charge >= 0.3 is 6.18 Å². The van der Waals surface area contributed by atoms with Crippen molar-refractivity contribution < 1.29 is 22.7 Å². The molecule has 0 spiro atoms. The van der Waals surface area contributed by atoms with E-state index in [4.69, 9.17) is 4.74 Å². The van der Waals surface area contributed by atoms with Gasteiger partial charge in [-0.25, -0.2) is 0 Å². The zero-order valence-electron chi connectivity index (χ0n) is 23.4. The lowest BCUT2D eigenvalue weighted by Crippen LogP contribution is -2.47. The number of nitrogens with one attached hydrogen (secondary N) is 1. The third-order valence-electron chi connectivity index (χ3n) is 8.13. The Labute approximate surface area is 266 Å². The van der Waals surface area contributed by atoms with E-state index in [9.17, 15) is 18.0 Å². The van der Waals surface area contributed by atoms with E-state index in [1.165, 1.54) is 29.0 Å². The van der Waals surface area contributed by atoms with Crippen LogP contribution in [0, 0.1) is 0 Å². The minimum Gasteiger partial charge on any atom is -0.490 e. The lowest BCUT2D eigenvalue weighted by molar-refractivity contribution is -0.137. The summed E-state index contributed by atoms with van der Waals surface area (Å²) in [7, 11) is 0. The minimum atomic E-state index is -4.33. The summed E-state index contributed by atoms with van der Waals surface area (Å²) < 4.78 is 46.3. The number of halogens is 4. The molecule has 43 heavy (non-hydrogen) atoms. The minimum absolute atomic E-state index is 0.0246. The van der Waals surface area contributed by atoms with Gasteiger partial charge in [-0.3, -0.25) is 14.7 Å². The second kappa shape index (κ2) is 13.0. The number of hydrogen-bond acceptors (Lipinski definition) is 6.